The Morgan fingerprint density at radius 3 is 2.79 bits per heavy atom. The summed E-state index contributed by atoms with van der Waals surface area (Å²) >= 11 is 0. The first-order valence-electron chi connectivity index (χ1n) is 4.83. The van der Waals surface area contributed by atoms with E-state index in [1.165, 1.54) is 12.1 Å². The molecule has 1 aromatic rings. The Kier molecular flexibility index (Phi) is 2.72. The van der Waals surface area contributed by atoms with Crippen molar-refractivity contribution in [2.24, 2.45) is 0 Å². The Morgan fingerprint density at radius 2 is 2.14 bits per heavy atom. The SMILES string of the molecule is Fc1ccc(C2CCCCN2)c(F)n1. The zero-order valence-corrected chi connectivity index (χ0v) is 7.76. The van der Waals surface area contributed by atoms with Crippen molar-refractivity contribution in [1.82, 2.24) is 10.3 Å². The van der Waals surface area contributed by atoms with Gasteiger partial charge >= 0.3 is 0 Å². The number of piperidine rings is 1. The summed E-state index contributed by atoms with van der Waals surface area (Å²) in [6.45, 7) is 0.890. The lowest BCUT2D eigenvalue weighted by Crippen LogP contribution is -2.27. The summed E-state index contributed by atoms with van der Waals surface area (Å²) in [6, 6.07) is 2.67. The molecule has 0 spiro atoms. The van der Waals surface area contributed by atoms with E-state index in [1.807, 2.05) is 0 Å². The molecule has 1 N–H and O–H groups in total. The first-order valence-corrected chi connectivity index (χ1v) is 4.83. The van der Waals surface area contributed by atoms with Gasteiger partial charge in [0, 0.05) is 11.6 Å². The van der Waals surface area contributed by atoms with E-state index in [0.717, 1.165) is 25.8 Å². The van der Waals surface area contributed by atoms with Crippen molar-refractivity contribution >= 4 is 0 Å². The van der Waals surface area contributed by atoms with Gasteiger partial charge in [0.2, 0.25) is 11.9 Å². The van der Waals surface area contributed by atoms with Gasteiger partial charge in [0.05, 0.1) is 0 Å². The van der Waals surface area contributed by atoms with Gasteiger partial charge in [-0.2, -0.15) is 13.8 Å². The minimum absolute atomic E-state index is 0.00292. The standard InChI is InChI=1S/C10H12F2N2/c11-9-5-4-7(10(12)14-9)8-3-1-2-6-13-8/h4-5,8,13H,1-3,6H2. The molecule has 0 bridgehead atoms. The normalized spacial score (nSPS) is 22.3. The Labute approximate surface area is 81.4 Å². The molecule has 1 atom stereocenters. The van der Waals surface area contributed by atoms with Gasteiger partial charge in [-0.3, -0.25) is 0 Å². The van der Waals surface area contributed by atoms with Gasteiger partial charge < -0.3 is 5.32 Å². The van der Waals surface area contributed by atoms with Gasteiger partial charge in [-0.05, 0) is 31.5 Å². The molecule has 1 fully saturated rings. The highest BCUT2D eigenvalue weighted by Gasteiger charge is 2.18. The lowest BCUT2D eigenvalue weighted by Gasteiger charge is -2.23. The molecule has 1 unspecified atom stereocenters. The number of aromatic nitrogens is 1. The maximum atomic E-state index is 13.2. The second kappa shape index (κ2) is 4.00. The third-order valence-corrected chi connectivity index (χ3v) is 2.53. The van der Waals surface area contributed by atoms with Crippen LogP contribution in [0.2, 0.25) is 0 Å². The molecule has 1 aliphatic heterocycles. The van der Waals surface area contributed by atoms with E-state index in [4.69, 9.17) is 0 Å². The highest BCUT2D eigenvalue weighted by molar-refractivity contribution is 5.16. The summed E-state index contributed by atoms with van der Waals surface area (Å²) in [4.78, 5) is 3.18. The maximum Gasteiger partial charge on any atom is 0.220 e. The average Bonchev–Trinajstić information content (AvgIpc) is 2.19. The number of halogens is 2. The summed E-state index contributed by atoms with van der Waals surface area (Å²) in [5.41, 5.74) is 0.478. The smallest absolute Gasteiger partial charge is 0.220 e. The Balaban J connectivity index is 2.22. The molecule has 0 radical (unpaired) electrons. The minimum Gasteiger partial charge on any atom is -0.310 e. The summed E-state index contributed by atoms with van der Waals surface area (Å²) in [5.74, 6) is -1.45. The number of rotatable bonds is 1. The third kappa shape index (κ3) is 1.90. The predicted molar refractivity (Wildman–Crippen MR) is 48.7 cm³/mol. The molecule has 0 aliphatic carbocycles. The average molecular weight is 198 g/mol. The summed E-state index contributed by atoms with van der Waals surface area (Å²) in [6.07, 6.45) is 3.09. The van der Waals surface area contributed by atoms with Crippen LogP contribution in [0.25, 0.3) is 0 Å². The summed E-state index contributed by atoms with van der Waals surface area (Å²) < 4.78 is 25.8. The van der Waals surface area contributed by atoms with Crippen molar-refractivity contribution in [3.8, 4) is 0 Å². The molecule has 0 amide bonds. The topological polar surface area (TPSA) is 24.9 Å². The maximum absolute atomic E-state index is 13.2. The Morgan fingerprint density at radius 1 is 1.29 bits per heavy atom. The van der Waals surface area contributed by atoms with Crippen molar-refractivity contribution in [1.29, 1.82) is 0 Å². The molecule has 1 aromatic heterocycles. The van der Waals surface area contributed by atoms with Crippen LogP contribution in [0.5, 0.6) is 0 Å². The van der Waals surface area contributed by atoms with Crippen LogP contribution >= 0.6 is 0 Å². The third-order valence-electron chi connectivity index (χ3n) is 2.53. The van der Waals surface area contributed by atoms with E-state index >= 15 is 0 Å². The minimum atomic E-state index is -0.762. The first-order chi connectivity index (χ1) is 6.77. The highest BCUT2D eigenvalue weighted by Crippen LogP contribution is 2.24. The van der Waals surface area contributed by atoms with Crippen LogP contribution < -0.4 is 5.32 Å². The van der Waals surface area contributed by atoms with Crippen molar-refractivity contribution in [2.45, 2.75) is 25.3 Å². The lowest BCUT2D eigenvalue weighted by molar-refractivity contribution is 0.390. The van der Waals surface area contributed by atoms with Gasteiger partial charge in [0.15, 0.2) is 0 Å². The van der Waals surface area contributed by atoms with E-state index < -0.39 is 11.9 Å². The van der Waals surface area contributed by atoms with E-state index in [-0.39, 0.29) is 6.04 Å². The molecule has 1 saturated heterocycles. The van der Waals surface area contributed by atoms with Gasteiger partial charge in [0.1, 0.15) is 0 Å². The summed E-state index contributed by atoms with van der Waals surface area (Å²) in [7, 11) is 0. The predicted octanol–water partition coefficient (Wildman–Crippen LogP) is 2.17. The van der Waals surface area contributed by atoms with Gasteiger partial charge in [-0.15, -0.1) is 0 Å². The first kappa shape index (κ1) is 9.52. The molecule has 14 heavy (non-hydrogen) atoms. The molecule has 2 nitrogen and oxygen atoms in total. The van der Waals surface area contributed by atoms with Gasteiger partial charge in [-0.25, -0.2) is 0 Å². The van der Waals surface area contributed by atoms with Crippen molar-refractivity contribution in [3.05, 3.63) is 29.6 Å². The Bertz CT molecular complexity index is 322. The van der Waals surface area contributed by atoms with E-state index in [0.29, 0.717) is 5.56 Å². The van der Waals surface area contributed by atoms with E-state index in [2.05, 4.69) is 10.3 Å². The Hall–Kier alpha value is -1.03. The zero-order chi connectivity index (χ0) is 9.97. The molecule has 2 heterocycles. The molecular formula is C10H12F2N2. The fourth-order valence-electron chi connectivity index (χ4n) is 1.80. The molecular weight excluding hydrogens is 186 g/mol. The molecule has 0 aromatic carbocycles. The number of nitrogens with one attached hydrogen (secondary N) is 1. The fourth-order valence-corrected chi connectivity index (χ4v) is 1.80. The molecule has 0 saturated carbocycles. The monoisotopic (exact) mass is 198 g/mol. The van der Waals surface area contributed by atoms with Crippen LogP contribution in [0.1, 0.15) is 30.9 Å². The summed E-state index contributed by atoms with van der Waals surface area (Å²) in [5, 5.41) is 3.19. The van der Waals surface area contributed by atoms with E-state index in [1.54, 1.807) is 0 Å². The lowest BCUT2D eigenvalue weighted by atomic mass is 9.99. The second-order valence-corrected chi connectivity index (χ2v) is 3.52. The highest BCUT2D eigenvalue weighted by atomic mass is 19.1. The number of hydrogen-bond acceptors (Lipinski definition) is 2. The van der Waals surface area contributed by atoms with Crippen molar-refractivity contribution in [2.75, 3.05) is 6.54 Å². The van der Waals surface area contributed by atoms with Crippen LogP contribution in [0.3, 0.4) is 0 Å². The van der Waals surface area contributed by atoms with Gasteiger partial charge in [0.25, 0.3) is 0 Å². The second-order valence-electron chi connectivity index (χ2n) is 3.52. The van der Waals surface area contributed by atoms with Crippen LogP contribution in [-0.2, 0) is 0 Å². The van der Waals surface area contributed by atoms with Crippen molar-refractivity contribution in [3.63, 3.8) is 0 Å². The zero-order valence-electron chi connectivity index (χ0n) is 7.76. The van der Waals surface area contributed by atoms with Crippen LogP contribution in [0.15, 0.2) is 12.1 Å². The van der Waals surface area contributed by atoms with E-state index in [9.17, 15) is 8.78 Å². The molecule has 76 valence electrons. The molecule has 1 aliphatic rings. The van der Waals surface area contributed by atoms with Crippen LogP contribution in [-0.4, -0.2) is 11.5 Å². The van der Waals surface area contributed by atoms with Crippen molar-refractivity contribution < 1.29 is 8.78 Å². The number of pyridine rings is 1. The van der Waals surface area contributed by atoms with Gasteiger partial charge in [-0.1, -0.05) is 6.42 Å². The quantitative estimate of drug-likeness (QED) is 0.699. The molecule has 4 heteroatoms. The molecule has 2 rings (SSSR count). The number of nitrogens with zero attached hydrogens (tertiary/aromatic N) is 1. The largest absolute Gasteiger partial charge is 0.310 e. The van der Waals surface area contributed by atoms with Crippen LogP contribution in [0, 0.1) is 11.9 Å². The number of hydrogen-bond donors (Lipinski definition) is 1. The van der Waals surface area contributed by atoms with Crippen LogP contribution in [0.4, 0.5) is 8.78 Å². The fraction of sp³-hybridized carbons (Fsp3) is 0.500.